The molecule has 1 fully saturated rings. The fourth-order valence-corrected chi connectivity index (χ4v) is 2.30. The molecule has 0 bridgehead atoms. The molecule has 1 unspecified atom stereocenters. The Morgan fingerprint density at radius 1 is 1.33 bits per heavy atom. The number of piperidine rings is 1. The lowest BCUT2D eigenvalue weighted by molar-refractivity contribution is 0.163. The van der Waals surface area contributed by atoms with Crippen LogP contribution in [0.15, 0.2) is 30.5 Å². The molecule has 0 spiro atoms. The van der Waals surface area contributed by atoms with Crippen molar-refractivity contribution in [2.24, 2.45) is 0 Å². The van der Waals surface area contributed by atoms with E-state index in [1.165, 1.54) is 0 Å². The van der Waals surface area contributed by atoms with Gasteiger partial charge in [-0.1, -0.05) is 6.07 Å². The fraction of sp³-hybridized carbons (Fsp3) is 0.357. The Hall–Kier alpha value is -1.81. The smallest absolute Gasteiger partial charge is 0.221 e. The number of rotatable bonds is 2. The predicted octanol–water partition coefficient (Wildman–Crippen LogP) is 2.07. The zero-order valence-electron chi connectivity index (χ0n) is 10.1. The summed E-state index contributed by atoms with van der Waals surface area (Å²) in [5.74, 6) is 0.846. The van der Waals surface area contributed by atoms with Gasteiger partial charge in [0.25, 0.3) is 0 Å². The van der Waals surface area contributed by atoms with Crippen molar-refractivity contribution in [1.29, 1.82) is 0 Å². The van der Waals surface area contributed by atoms with Gasteiger partial charge in [0, 0.05) is 18.1 Å². The monoisotopic (exact) mass is 244 g/mol. The SMILES string of the molecule is Oc1ccc2ccnc(OC3CCCNC3)c2c1. The van der Waals surface area contributed by atoms with E-state index in [0.717, 1.165) is 36.7 Å². The molecule has 4 nitrogen and oxygen atoms in total. The molecule has 1 aromatic carbocycles. The Kier molecular flexibility index (Phi) is 3.02. The maximum Gasteiger partial charge on any atom is 0.221 e. The van der Waals surface area contributed by atoms with Gasteiger partial charge >= 0.3 is 0 Å². The molecule has 3 rings (SSSR count). The number of ether oxygens (including phenoxy) is 1. The first-order valence-corrected chi connectivity index (χ1v) is 6.28. The summed E-state index contributed by atoms with van der Waals surface area (Å²) in [4.78, 5) is 4.28. The number of pyridine rings is 1. The largest absolute Gasteiger partial charge is 0.508 e. The van der Waals surface area contributed by atoms with Crippen LogP contribution < -0.4 is 10.1 Å². The quantitative estimate of drug-likeness (QED) is 0.849. The van der Waals surface area contributed by atoms with Gasteiger partial charge in [0.05, 0.1) is 0 Å². The van der Waals surface area contributed by atoms with Crippen molar-refractivity contribution in [2.45, 2.75) is 18.9 Å². The summed E-state index contributed by atoms with van der Waals surface area (Å²) in [7, 11) is 0. The van der Waals surface area contributed by atoms with E-state index in [2.05, 4.69) is 10.3 Å². The van der Waals surface area contributed by atoms with Crippen molar-refractivity contribution in [3.63, 3.8) is 0 Å². The number of nitrogens with one attached hydrogen (secondary N) is 1. The summed E-state index contributed by atoms with van der Waals surface area (Å²) in [6.07, 6.45) is 4.08. The molecule has 2 aromatic rings. The average Bonchev–Trinajstić information content (AvgIpc) is 2.41. The number of benzene rings is 1. The Morgan fingerprint density at radius 3 is 3.11 bits per heavy atom. The van der Waals surface area contributed by atoms with Gasteiger partial charge in [0.1, 0.15) is 11.9 Å². The van der Waals surface area contributed by atoms with Crippen LogP contribution >= 0.6 is 0 Å². The van der Waals surface area contributed by atoms with Crippen molar-refractivity contribution < 1.29 is 9.84 Å². The minimum atomic E-state index is 0.166. The first kappa shape index (κ1) is 11.3. The minimum Gasteiger partial charge on any atom is -0.508 e. The number of aromatic nitrogens is 1. The summed E-state index contributed by atoms with van der Waals surface area (Å²) in [5, 5.41) is 14.8. The zero-order chi connectivity index (χ0) is 12.4. The van der Waals surface area contributed by atoms with Crippen molar-refractivity contribution in [3.8, 4) is 11.6 Å². The number of phenolic OH excluding ortho intramolecular Hbond substituents is 1. The lowest BCUT2D eigenvalue weighted by Gasteiger charge is -2.23. The van der Waals surface area contributed by atoms with Crippen LogP contribution in [0.3, 0.4) is 0 Å². The molecule has 0 saturated carbocycles. The number of hydrogen-bond donors (Lipinski definition) is 2. The normalized spacial score (nSPS) is 19.9. The van der Waals surface area contributed by atoms with Crippen LogP contribution in [-0.4, -0.2) is 29.3 Å². The third-order valence-corrected chi connectivity index (χ3v) is 3.24. The second-order valence-corrected chi connectivity index (χ2v) is 4.61. The van der Waals surface area contributed by atoms with E-state index in [1.807, 2.05) is 12.1 Å². The fourth-order valence-electron chi connectivity index (χ4n) is 2.30. The molecule has 2 heterocycles. The standard InChI is InChI=1S/C14H16N2O2/c17-11-4-3-10-5-7-16-14(13(10)8-11)18-12-2-1-6-15-9-12/h3-5,7-8,12,15,17H,1-2,6,9H2. The second-order valence-electron chi connectivity index (χ2n) is 4.61. The van der Waals surface area contributed by atoms with Gasteiger partial charge in [-0.2, -0.15) is 0 Å². The Labute approximate surface area is 106 Å². The highest BCUT2D eigenvalue weighted by molar-refractivity contribution is 5.87. The van der Waals surface area contributed by atoms with E-state index in [1.54, 1.807) is 18.3 Å². The highest BCUT2D eigenvalue weighted by atomic mass is 16.5. The average molecular weight is 244 g/mol. The first-order chi connectivity index (χ1) is 8.83. The van der Waals surface area contributed by atoms with E-state index in [0.29, 0.717) is 5.88 Å². The number of fused-ring (bicyclic) bond motifs is 1. The van der Waals surface area contributed by atoms with Crippen molar-refractivity contribution >= 4 is 10.8 Å². The highest BCUT2D eigenvalue weighted by Gasteiger charge is 2.16. The van der Waals surface area contributed by atoms with Gasteiger partial charge in [-0.3, -0.25) is 0 Å². The van der Waals surface area contributed by atoms with Crippen molar-refractivity contribution in [1.82, 2.24) is 10.3 Å². The lowest BCUT2D eigenvalue weighted by Crippen LogP contribution is -2.37. The Morgan fingerprint density at radius 2 is 2.28 bits per heavy atom. The molecule has 2 N–H and O–H groups in total. The van der Waals surface area contributed by atoms with E-state index in [4.69, 9.17) is 4.74 Å². The molecule has 1 saturated heterocycles. The zero-order valence-corrected chi connectivity index (χ0v) is 10.1. The summed E-state index contributed by atoms with van der Waals surface area (Å²) in [5.41, 5.74) is 0. The maximum absolute atomic E-state index is 9.56. The van der Waals surface area contributed by atoms with Crippen LogP contribution in [-0.2, 0) is 0 Å². The van der Waals surface area contributed by atoms with Crippen molar-refractivity contribution in [3.05, 3.63) is 30.5 Å². The molecule has 0 amide bonds. The topological polar surface area (TPSA) is 54.4 Å². The van der Waals surface area contributed by atoms with Crippen LogP contribution in [0.1, 0.15) is 12.8 Å². The molecule has 0 radical (unpaired) electrons. The van der Waals surface area contributed by atoms with Gasteiger partial charge in [-0.25, -0.2) is 4.98 Å². The van der Waals surface area contributed by atoms with Crippen LogP contribution in [0, 0.1) is 0 Å². The van der Waals surface area contributed by atoms with Gasteiger partial charge in [0.2, 0.25) is 5.88 Å². The van der Waals surface area contributed by atoms with E-state index >= 15 is 0 Å². The second kappa shape index (κ2) is 4.82. The Bertz CT molecular complexity index is 550. The lowest BCUT2D eigenvalue weighted by atomic mass is 10.1. The molecule has 1 aliphatic rings. The van der Waals surface area contributed by atoms with Crippen LogP contribution in [0.5, 0.6) is 11.6 Å². The minimum absolute atomic E-state index is 0.166. The van der Waals surface area contributed by atoms with Crippen LogP contribution in [0.2, 0.25) is 0 Å². The van der Waals surface area contributed by atoms with E-state index in [-0.39, 0.29) is 11.9 Å². The number of hydrogen-bond acceptors (Lipinski definition) is 4. The van der Waals surface area contributed by atoms with Crippen LogP contribution in [0.25, 0.3) is 10.8 Å². The summed E-state index contributed by atoms with van der Waals surface area (Å²) in [6.45, 7) is 1.92. The molecular formula is C14H16N2O2. The molecule has 0 aliphatic carbocycles. The number of aromatic hydroxyl groups is 1. The van der Waals surface area contributed by atoms with Gasteiger partial charge in [-0.05, 0) is 43.0 Å². The highest BCUT2D eigenvalue weighted by Crippen LogP contribution is 2.27. The van der Waals surface area contributed by atoms with Crippen molar-refractivity contribution in [2.75, 3.05) is 13.1 Å². The van der Waals surface area contributed by atoms with Gasteiger partial charge in [0.15, 0.2) is 0 Å². The summed E-state index contributed by atoms with van der Waals surface area (Å²) in [6, 6.07) is 7.17. The van der Waals surface area contributed by atoms with E-state index in [9.17, 15) is 5.11 Å². The third kappa shape index (κ3) is 2.24. The molecule has 1 aromatic heterocycles. The maximum atomic E-state index is 9.56. The Balaban J connectivity index is 1.92. The number of phenols is 1. The summed E-state index contributed by atoms with van der Waals surface area (Å²) < 4.78 is 5.94. The van der Waals surface area contributed by atoms with Gasteiger partial charge in [-0.15, -0.1) is 0 Å². The molecule has 94 valence electrons. The number of nitrogens with zero attached hydrogens (tertiary/aromatic N) is 1. The molecule has 4 heteroatoms. The predicted molar refractivity (Wildman–Crippen MR) is 69.9 cm³/mol. The first-order valence-electron chi connectivity index (χ1n) is 6.28. The molecule has 1 aliphatic heterocycles. The van der Waals surface area contributed by atoms with E-state index < -0.39 is 0 Å². The molecular weight excluding hydrogens is 228 g/mol. The summed E-state index contributed by atoms with van der Waals surface area (Å²) >= 11 is 0. The van der Waals surface area contributed by atoms with Crippen LogP contribution in [0.4, 0.5) is 0 Å². The third-order valence-electron chi connectivity index (χ3n) is 3.24. The van der Waals surface area contributed by atoms with Gasteiger partial charge < -0.3 is 15.2 Å². The molecule has 18 heavy (non-hydrogen) atoms. The molecule has 1 atom stereocenters.